The molecule has 1 aliphatic heterocycles. The van der Waals surface area contributed by atoms with Crippen molar-refractivity contribution < 1.29 is 14.3 Å². The molecule has 1 saturated carbocycles. The van der Waals surface area contributed by atoms with Gasteiger partial charge in [0, 0.05) is 49.9 Å². The number of para-hydroxylation sites is 1. The van der Waals surface area contributed by atoms with Gasteiger partial charge in [-0.25, -0.2) is 0 Å². The molecular formula is C23H36N4O3. The molecular weight excluding hydrogens is 380 g/mol. The quantitative estimate of drug-likeness (QED) is 0.699. The van der Waals surface area contributed by atoms with E-state index >= 15 is 0 Å². The summed E-state index contributed by atoms with van der Waals surface area (Å²) in [6.45, 7) is 10.3. The van der Waals surface area contributed by atoms with Gasteiger partial charge in [0.05, 0.1) is 20.2 Å². The fourth-order valence-electron chi connectivity index (χ4n) is 3.90. The third kappa shape index (κ3) is 6.71. The molecule has 3 rings (SSSR count). The van der Waals surface area contributed by atoms with E-state index in [9.17, 15) is 9.59 Å². The van der Waals surface area contributed by atoms with Crippen LogP contribution in [0.3, 0.4) is 0 Å². The van der Waals surface area contributed by atoms with Gasteiger partial charge in [-0.15, -0.1) is 0 Å². The molecule has 1 aromatic rings. The lowest BCUT2D eigenvalue weighted by molar-refractivity contribution is -0.134. The van der Waals surface area contributed by atoms with Crippen LogP contribution in [0.5, 0.6) is 5.75 Å². The van der Waals surface area contributed by atoms with Gasteiger partial charge < -0.3 is 15.0 Å². The van der Waals surface area contributed by atoms with Crippen LogP contribution in [0, 0.1) is 0 Å². The van der Waals surface area contributed by atoms with Crippen molar-refractivity contribution in [3.63, 3.8) is 0 Å². The molecule has 1 heterocycles. The van der Waals surface area contributed by atoms with E-state index in [4.69, 9.17) is 4.74 Å². The molecule has 1 aromatic carbocycles. The normalized spacial score (nSPS) is 17.8. The van der Waals surface area contributed by atoms with Gasteiger partial charge in [0.2, 0.25) is 11.8 Å². The summed E-state index contributed by atoms with van der Waals surface area (Å²) in [7, 11) is 1.69. The predicted octanol–water partition coefficient (Wildman–Crippen LogP) is 1.72. The molecule has 2 amide bonds. The van der Waals surface area contributed by atoms with Crippen LogP contribution >= 0.6 is 0 Å². The zero-order valence-corrected chi connectivity index (χ0v) is 18.8. The number of piperazine rings is 1. The molecule has 30 heavy (non-hydrogen) atoms. The molecule has 1 saturated heterocycles. The van der Waals surface area contributed by atoms with Crippen LogP contribution in [0.2, 0.25) is 0 Å². The first kappa shape index (κ1) is 22.6. The van der Waals surface area contributed by atoms with Crippen LogP contribution < -0.4 is 10.1 Å². The first-order valence-electron chi connectivity index (χ1n) is 10.9. The second kappa shape index (κ2) is 9.79. The Balaban J connectivity index is 1.49. The molecule has 0 unspecified atom stereocenters. The number of ether oxygens (including phenoxy) is 1. The van der Waals surface area contributed by atoms with Crippen LogP contribution in [-0.4, -0.2) is 84.5 Å². The lowest BCUT2D eigenvalue weighted by Gasteiger charge is -2.36. The second-order valence-electron chi connectivity index (χ2n) is 9.40. The van der Waals surface area contributed by atoms with E-state index in [1.165, 1.54) is 0 Å². The Morgan fingerprint density at radius 1 is 1.13 bits per heavy atom. The first-order valence-corrected chi connectivity index (χ1v) is 10.9. The summed E-state index contributed by atoms with van der Waals surface area (Å²) in [6.07, 6.45) is 2.30. The fourth-order valence-corrected chi connectivity index (χ4v) is 3.90. The highest BCUT2D eigenvalue weighted by Crippen LogP contribution is 2.30. The highest BCUT2D eigenvalue weighted by Gasteiger charge is 2.32. The molecule has 1 aliphatic carbocycles. The van der Waals surface area contributed by atoms with Gasteiger partial charge in [0.15, 0.2) is 0 Å². The molecule has 0 bridgehead atoms. The van der Waals surface area contributed by atoms with E-state index in [0.717, 1.165) is 43.8 Å². The van der Waals surface area contributed by atoms with Crippen molar-refractivity contribution in [2.75, 3.05) is 46.4 Å². The Morgan fingerprint density at radius 3 is 2.40 bits per heavy atom. The number of carbonyl (C=O) groups is 2. The maximum atomic E-state index is 13.0. The number of rotatable bonds is 8. The SMILES string of the molecule is COc1ccccc1CN(CC(=O)N1CCN(CC(=O)NC(C)(C)C)CC1)C1CC1. The van der Waals surface area contributed by atoms with Crippen molar-refractivity contribution in [1.29, 1.82) is 0 Å². The Hall–Kier alpha value is -2.12. The Morgan fingerprint density at radius 2 is 1.80 bits per heavy atom. The van der Waals surface area contributed by atoms with Gasteiger partial charge in [-0.2, -0.15) is 0 Å². The third-order valence-electron chi connectivity index (χ3n) is 5.57. The molecule has 166 valence electrons. The van der Waals surface area contributed by atoms with E-state index in [1.807, 2.05) is 43.9 Å². The number of nitrogens with one attached hydrogen (secondary N) is 1. The van der Waals surface area contributed by atoms with Crippen LogP contribution in [0.25, 0.3) is 0 Å². The minimum absolute atomic E-state index is 0.0407. The van der Waals surface area contributed by atoms with Gasteiger partial charge in [0.1, 0.15) is 5.75 Å². The molecule has 0 spiro atoms. The summed E-state index contributed by atoms with van der Waals surface area (Å²) in [6, 6.07) is 8.51. The van der Waals surface area contributed by atoms with Gasteiger partial charge in [0.25, 0.3) is 0 Å². The average molecular weight is 417 g/mol. The Kier molecular flexibility index (Phi) is 7.36. The number of hydrogen-bond acceptors (Lipinski definition) is 5. The topological polar surface area (TPSA) is 65.1 Å². The summed E-state index contributed by atoms with van der Waals surface area (Å²) in [4.78, 5) is 31.4. The number of carbonyl (C=O) groups excluding carboxylic acids is 2. The summed E-state index contributed by atoms with van der Waals surface area (Å²) < 4.78 is 5.48. The van der Waals surface area contributed by atoms with E-state index in [-0.39, 0.29) is 17.4 Å². The minimum atomic E-state index is -0.220. The van der Waals surface area contributed by atoms with Gasteiger partial charge >= 0.3 is 0 Å². The smallest absolute Gasteiger partial charge is 0.236 e. The van der Waals surface area contributed by atoms with E-state index in [1.54, 1.807) is 7.11 Å². The zero-order valence-electron chi connectivity index (χ0n) is 18.8. The molecule has 1 N–H and O–H groups in total. The van der Waals surface area contributed by atoms with Crippen molar-refractivity contribution >= 4 is 11.8 Å². The van der Waals surface area contributed by atoms with Gasteiger partial charge in [-0.05, 0) is 39.7 Å². The van der Waals surface area contributed by atoms with Crippen molar-refractivity contribution in [2.24, 2.45) is 0 Å². The van der Waals surface area contributed by atoms with E-state index in [2.05, 4.69) is 21.2 Å². The number of amides is 2. The maximum absolute atomic E-state index is 13.0. The largest absolute Gasteiger partial charge is 0.496 e. The highest BCUT2D eigenvalue weighted by atomic mass is 16.5. The van der Waals surface area contributed by atoms with Gasteiger partial charge in [-0.3, -0.25) is 19.4 Å². The van der Waals surface area contributed by atoms with Crippen molar-refractivity contribution in [3.8, 4) is 5.75 Å². The predicted molar refractivity (Wildman–Crippen MR) is 117 cm³/mol. The number of hydrogen-bond donors (Lipinski definition) is 1. The molecule has 2 aliphatic rings. The van der Waals surface area contributed by atoms with E-state index in [0.29, 0.717) is 32.2 Å². The molecule has 0 radical (unpaired) electrons. The zero-order chi connectivity index (χ0) is 21.7. The summed E-state index contributed by atoms with van der Waals surface area (Å²) in [5, 5.41) is 3.00. The van der Waals surface area contributed by atoms with Gasteiger partial charge in [-0.1, -0.05) is 18.2 Å². The second-order valence-corrected chi connectivity index (χ2v) is 9.40. The monoisotopic (exact) mass is 416 g/mol. The maximum Gasteiger partial charge on any atom is 0.236 e. The minimum Gasteiger partial charge on any atom is -0.496 e. The average Bonchev–Trinajstić information content (AvgIpc) is 3.52. The standard InChI is InChI=1S/C23H36N4O3/c1-23(2,3)24-21(28)16-25-11-13-26(14-12-25)22(29)17-27(19-9-10-19)15-18-7-5-6-8-20(18)30-4/h5-8,19H,9-17H2,1-4H3,(H,24,28). The summed E-state index contributed by atoms with van der Waals surface area (Å²) in [5.41, 5.74) is 0.900. The molecule has 2 fully saturated rings. The lowest BCUT2D eigenvalue weighted by atomic mass is 10.1. The molecule has 0 aromatic heterocycles. The van der Waals surface area contributed by atoms with Crippen molar-refractivity contribution in [3.05, 3.63) is 29.8 Å². The number of benzene rings is 1. The third-order valence-corrected chi connectivity index (χ3v) is 5.57. The van der Waals surface area contributed by atoms with Crippen molar-refractivity contribution in [2.45, 2.75) is 51.7 Å². The molecule has 7 heteroatoms. The molecule has 0 atom stereocenters. The van der Waals surface area contributed by atoms with Crippen LogP contribution in [0.15, 0.2) is 24.3 Å². The summed E-state index contributed by atoms with van der Waals surface area (Å²) >= 11 is 0. The van der Waals surface area contributed by atoms with Crippen LogP contribution in [-0.2, 0) is 16.1 Å². The van der Waals surface area contributed by atoms with Crippen LogP contribution in [0.4, 0.5) is 0 Å². The van der Waals surface area contributed by atoms with Crippen molar-refractivity contribution in [1.82, 2.24) is 20.0 Å². The van der Waals surface area contributed by atoms with Crippen LogP contribution in [0.1, 0.15) is 39.2 Å². The molecule has 7 nitrogen and oxygen atoms in total. The Bertz CT molecular complexity index is 734. The highest BCUT2D eigenvalue weighted by molar-refractivity contribution is 5.79. The Labute approximate surface area is 180 Å². The van der Waals surface area contributed by atoms with E-state index < -0.39 is 0 Å². The lowest BCUT2D eigenvalue weighted by Crippen LogP contribution is -2.54. The number of nitrogens with zero attached hydrogens (tertiary/aromatic N) is 3. The first-order chi connectivity index (χ1) is 14.2. The summed E-state index contributed by atoms with van der Waals surface area (Å²) in [5.74, 6) is 1.09. The fraction of sp³-hybridized carbons (Fsp3) is 0.652. The number of methoxy groups -OCH3 is 1.